The van der Waals surface area contributed by atoms with E-state index in [1.54, 1.807) is 0 Å². The van der Waals surface area contributed by atoms with Gasteiger partial charge in [0.05, 0.1) is 6.04 Å². The number of aliphatic imine (C=N–C) groups is 1. The van der Waals surface area contributed by atoms with Crippen LogP contribution < -0.4 is 22.2 Å². The van der Waals surface area contributed by atoms with Crippen molar-refractivity contribution in [1.82, 2.24) is 0 Å². The zero-order valence-corrected chi connectivity index (χ0v) is 8.50. The van der Waals surface area contributed by atoms with Crippen molar-refractivity contribution in [1.29, 1.82) is 0 Å². The van der Waals surface area contributed by atoms with Gasteiger partial charge >= 0.3 is 5.96 Å². The van der Waals surface area contributed by atoms with Crippen molar-refractivity contribution in [3.8, 4) is 0 Å². The summed E-state index contributed by atoms with van der Waals surface area (Å²) in [6.45, 7) is 0. The second-order valence-corrected chi connectivity index (χ2v) is 3.75. The number of nitrogens with two attached hydrogens (primary N) is 3. The van der Waals surface area contributed by atoms with Crippen LogP contribution in [0.5, 0.6) is 0 Å². The van der Waals surface area contributed by atoms with E-state index in [9.17, 15) is 0 Å². The lowest BCUT2D eigenvalue weighted by molar-refractivity contribution is -0.506. The Kier molecular flexibility index (Phi) is 4.22. The van der Waals surface area contributed by atoms with Crippen molar-refractivity contribution in [2.24, 2.45) is 22.2 Å². The monoisotopic (exact) mass is 198 g/mol. The van der Waals surface area contributed by atoms with Gasteiger partial charge in [-0.2, -0.15) is 0 Å². The van der Waals surface area contributed by atoms with E-state index >= 15 is 0 Å². The molecule has 5 nitrogen and oxygen atoms in total. The number of nitrogens with one attached hydrogen (secondary N) is 1. The van der Waals surface area contributed by atoms with Gasteiger partial charge in [0.15, 0.2) is 0 Å². The van der Waals surface area contributed by atoms with E-state index in [2.05, 4.69) is 9.98 Å². The first kappa shape index (κ1) is 10.8. The Balaban J connectivity index is 2.51. The summed E-state index contributed by atoms with van der Waals surface area (Å²) < 4.78 is 0. The maximum absolute atomic E-state index is 5.61. The smallest absolute Gasteiger partial charge is 0.356 e. The van der Waals surface area contributed by atoms with Gasteiger partial charge in [0, 0.05) is 0 Å². The molecule has 0 saturated heterocycles. The van der Waals surface area contributed by atoms with Crippen LogP contribution in [-0.2, 0) is 0 Å². The molecule has 0 aromatic rings. The highest BCUT2D eigenvalue weighted by molar-refractivity contribution is 5.89. The third-order valence-corrected chi connectivity index (χ3v) is 2.46. The van der Waals surface area contributed by atoms with Crippen LogP contribution >= 0.6 is 0 Å². The largest absolute Gasteiger partial charge is 0.386 e. The van der Waals surface area contributed by atoms with Gasteiger partial charge in [-0.25, -0.2) is 0 Å². The van der Waals surface area contributed by atoms with E-state index < -0.39 is 0 Å². The quantitative estimate of drug-likeness (QED) is 0.231. The molecule has 1 rings (SSSR count). The summed E-state index contributed by atoms with van der Waals surface area (Å²) in [6, 6.07) is 0.431. The molecule has 14 heavy (non-hydrogen) atoms. The van der Waals surface area contributed by atoms with Gasteiger partial charge in [-0.05, 0) is 17.8 Å². The molecule has 1 aliphatic rings. The second kappa shape index (κ2) is 5.47. The first-order chi connectivity index (χ1) is 6.68. The van der Waals surface area contributed by atoms with Crippen LogP contribution in [0.4, 0.5) is 0 Å². The minimum atomic E-state index is 0.00335. The molecular weight excluding hydrogens is 178 g/mol. The van der Waals surface area contributed by atoms with E-state index in [-0.39, 0.29) is 5.96 Å². The number of hydrogen-bond donors (Lipinski definition) is 4. The maximum atomic E-state index is 5.61. The van der Waals surface area contributed by atoms with Crippen molar-refractivity contribution in [3.05, 3.63) is 0 Å². The van der Waals surface area contributed by atoms with Crippen molar-refractivity contribution in [2.75, 3.05) is 0 Å². The summed E-state index contributed by atoms with van der Waals surface area (Å²) in [5.41, 5.74) is 16.0. The normalized spacial score (nSPS) is 20.1. The number of rotatable bonds is 1. The second-order valence-electron chi connectivity index (χ2n) is 3.75. The van der Waals surface area contributed by atoms with Crippen LogP contribution in [0.15, 0.2) is 4.99 Å². The zero-order chi connectivity index (χ0) is 10.4. The molecule has 1 saturated carbocycles. The Morgan fingerprint density at radius 3 is 2.07 bits per heavy atom. The lowest BCUT2D eigenvalue weighted by Gasteiger charge is -2.05. The van der Waals surface area contributed by atoms with Crippen LogP contribution in [0.3, 0.4) is 0 Å². The molecule has 1 fully saturated rings. The summed E-state index contributed by atoms with van der Waals surface area (Å²) >= 11 is 0. The lowest BCUT2D eigenvalue weighted by Crippen LogP contribution is -2.81. The van der Waals surface area contributed by atoms with Gasteiger partial charge in [-0.15, -0.1) is 0 Å². The highest BCUT2D eigenvalue weighted by atomic mass is 15.1. The lowest BCUT2D eigenvalue weighted by atomic mass is 10.1. The van der Waals surface area contributed by atoms with Crippen LogP contribution in [0.2, 0.25) is 0 Å². The predicted octanol–water partition coefficient (Wildman–Crippen LogP) is -1.62. The number of hydrogen-bond acceptors (Lipinski definition) is 0. The van der Waals surface area contributed by atoms with E-state index in [1.165, 1.54) is 25.7 Å². The van der Waals surface area contributed by atoms with E-state index in [0.717, 1.165) is 12.8 Å². The number of nitrogens with zero attached hydrogens (tertiary/aromatic N) is 1. The molecule has 0 heterocycles. The van der Waals surface area contributed by atoms with Gasteiger partial charge in [-0.1, -0.05) is 25.7 Å². The molecule has 0 unspecified atom stereocenters. The fourth-order valence-electron chi connectivity index (χ4n) is 1.80. The zero-order valence-electron chi connectivity index (χ0n) is 8.50. The van der Waals surface area contributed by atoms with E-state index in [1.807, 2.05) is 0 Å². The van der Waals surface area contributed by atoms with Gasteiger partial charge in [-0.3, -0.25) is 10.7 Å². The first-order valence-corrected chi connectivity index (χ1v) is 5.17. The highest BCUT2D eigenvalue weighted by Crippen LogP contribution is 2.14. The van der Waals surface area contributed by atoms with Gasteiger partial charge in [0.1, 0.15) is 0 Å². The van der Waals surface area contributed by atoms with Gasteiger partial charge in [0.25, 0.3) is 5.96 Å². The Bertz CT molecular complexity index is 221. The molecule has 0 amide bonds. The minimum absolute atomic E-state index is 0.00335. The Labute approximate surface area is 84.5 Å². The molecular formula is C9H20N5+. The Morgan fingerprint density at radius 2 is 1.57 bits per heavy atom. The molecule has 80 valence electrons. The minimum Gasteiger partial charge on any atom is -0.356 e. The summed E-state index contributed by atoms with van der Waals surface area (Å²) in [5, 5.41) is 0. The molecule has 1 aliphatic carbocycles. The van der Waals surface area contributed by atoms with Crippen molar-refractivity contribution >= 4 is 11.9 Å². The van der Waals surface area contributed by atoms with Crippen molar-refractivity contribution in [3.63, 3.8) is 0 Å². The van der Waals surface area contributed by atoms with Crippen molar-refractivity contribution < 1.29 is 4.99 Å². The van der Waals surface area contributed by atoms with Crippen LogP contribution in [0.25, 0.3) is 0 Å². The Hall–Kier alpha value is -1.26. The fourth-order valence-corrected chi connectivity index (χ4v) is 1.80. The highest BCUT2D eigenvalue weighted by Gasteiger charge is 2.13. The van der Waals surface area contributed by atoms with Crippen LogP contribution in [0.1, 0.15) is 38.5 Å². The van der Waals surface area contributed by atoms with E-state index in [4.69, 9.17) is 17.2 Å². The summed E-state index contributed by atoms with van der Waals surface area (Å²) in [4.78, 5) is 6.89. The fraction of sp³-hybridized carbons (Fsp3) is 0.778. The standard InChI is InChI=1S/C9H19N5/c10-8(11)14-9(12)13-7-5-3-1-2-4-6-7/h7H,1-6H2,(H6,10,11,12,13,14)/p+1. The summed E-state index contributed by atoms with van der Waals surface area (Å²) in [6.07, 6.45) is 7.46. The average molecular weight is 198 g/mol. The number of guanidine groups is 2. The molecule has 0 aromatic heterocycles. The third kappa shape index (κ3) is 4.11. The summed E-state index contributed by atoms with van der Waals surface area (Å²) in [5.74, 6) is 0.334. The SMILES string of the molecule is NC(N)=NC(N)=[NH+]C1CCCCCC1. The van der Waals surface area contributed by atoms with E-state index in [0.29, 0.717) is 12.0 Å². The molecule has 0 atom stereocenters. The summed E-state index contributed by atoms with van der Waals surface area (Å²) in [7, 11) is 0. The molecule has 5 heteroatoms. The molecule has 0 bridgehead atoms. The molecule has 0 spiro atoms. The molecule has 7 N–H and O–H groups in total. The van der Waals surface area contributed by atoms with Gasteiger partial charge < -0.3 is 11.5 Å². The average Bonchev–Trinajstić information content (AvgIpc) is 2.31. The molecule has 0 aromatic carbocycles. The van der Waals surface area contributed by atoms with Crippen molar-refractivity contribution in [2.45, 2.75) is 44.6 Å². The van der Waals surface area contributed by atoms with Crippen LogP contribution in [-0.4, -0.2) is 18.0 Å². The van der Waals surface area contributed by atoms with Crippen LogP contribution in [0, 0.1) is 0 Å². The maximum Gasteiger partial charge on any atom is 0.386 e. The predicted molar refractivity (Wildman–Crippen MR) is 57.5 cm³/mol. The topological polar surface area (TPSA) is 104 Å². The molecule has 0 aliphatic heterocycles. The van der Waals surface area contributed by atoms with Gasteiger partial charge in [0.2, 0.25) is 0 Å². The molecule has 0 radical (unpaired) electrons. The Morgan fingerprint density at radius 1 is 1.00 bits per heavy atom. The first-order valence-electron chi connectivity index (χ1n) is 5.17. The third-order valence-electron chi connectivity index (χ3n) is 2.46.